The third kappa shape index (κ3) is 3.80. The van der Waals surface area contributed by atoms with Crippen LogP contribution in [0.4, 0.5) is 0 Å². The Bertz CT molecular complexity index is 1300. The van der Waals surface area contributed by atoms with Gasteiger partial charge >= 0.3 is 5.69 Å². The third-order valence-corrected chi connectivity index (χ3v) is 6.41. The lowest BCUT2D eigenvalue weighted by Gasteiger charge is -2.06. The number of hydrogen-bond donors (Lipinski definition) is 1. The number of aryl methyl sites for hydroxylation is 3. The van der Waals surface area contributed by atoms with Crippen LogP contribution < -0.4 is 16.0 Å². The molecule has 1 aromatic carbocycles. The number of aromatic amines is 1. The zero-order chi connectivity index (χ0) is 21.3. The maximum Gasteiger partial charge on any atom is 0.329 e. The molecular weight excluding hydrogens is 398 g/mol. The van der Waals surface area contributed by atoms with Crippen molar-refractivity contribution in [2.75, 3.05) is 0 Å². The van der Waals surface area contributed by atoms with E-state index in [0.717, 1.165) is 34.6 Å². The predicted octanol–water partition coefficient (Wildman–Crippen LogP) is 5.02. The summed E-state index contributed by atoms with van der Waals surface area (Å²) in [6.07, 6.45) is 3.58. The highest BCUT2D eigenvalue weighted by Gasteiger charge is 2.18. The molecule has 0 saturated heterocycles. The molecule has 1 N–H and O–H groups in total. The number of ether oxygens (including phenoxy) is 1. The van der Waals surface area contributed by atoms with Gasteiger partial charge < -0.3 is 4.74 Å². The molecule has 0 aliphatic rings. The Kier molecular flexibility index (Phi) is 5.55. The molecule has 4 aromatic rings. The maximum absolute atomic E-state index is 12.5. The van der Waals surface area contributed by atoms with E-state index in [-0.39, 0.29) is 11.2 Å². The summed E-state index contributed by atoms with van der Waals surface area (Å²) >= 11 is 1.46. The van der Waals surface area contributed by atoms with Crippen molar-refractivity contribution in [2.24, 2.45) is 0 Å². The van der Waals surface area contributed by atoms with Crippen LogP contribution in [0.3, 0.4) is 0 Å². The SMILES string of the molecule is CCCCn1c(=O)[nH]c(=O)c2c(C)c(-c3ccc(Oc4ccc(C)cc4)nc3)sc21. The number of pyridine rings is 1. The molecule has 0 bridgehead atoms. The van der Waals surface area contributed by atoms with Crippen LogP contribution in [0.2, 0.25) is 0 Å². The first-order valence-corrected chi connectivity index (χ1v) is 10.8. The van der Waals surface area contributed by atoms with Crippen molar-refractivity contribution in [3.8, 4) is 22.1 Å². The molecule has 4 rings (SSSR count). The molecule has 154 valence electrons. The van der Waals surface area contributed by atoms with Gasteiger partial charge in [-0.3, -0.25) is 14.3 Å². The van der Waals surface area contributed by atoms with E-state index in [2.05, 4.69) is 16.9 Å². The summed E-state index contributed by atoms with van der Waals surface area (Å²) in [5, 5.41) is 0.575. The van der Waals surface area contributed by atoms with Gasteiger partial charge in [-0.25, -0.2) is 9.78 Å². The Morgan fingerprint density at radius 3 is 2.53 bits per heavy atom. The number of thiophene rings is 1. The molecule has 0 atom stereocenters. The molecule has 0 saturated carbocycles. The Hall–Kier alpha value is -3.19. The summed E-state index contributed by atoms with van der Waals surface area (Å²) in [6, 6.07) is 11.5. The number of hydrogen-bond acceptors (Lipinski definition) is 5. The standard InChI is InChI=1S/C23H23N3O3S/c1-4-5-12-26-22-19(21(27)25-23(26)28)15(3)20(30-22)16-8-11-18(24-13-16)29-17-9-6-14(2)7-10-17/h6-11,13H,4-5,12H2,1-3H3,(H,25,27,28). The highest BCUT2D eigenvalue weighted by atomic mass is 32.1. The first-order chi connectivity index (χ1) is 14.5. The Morgan fingerprint density at radius 2 is 1.87 bits per heavy atom. The fraction of sp³-hybridized carbons (Fsp3) is 0.261. The van der Waals surface area contributed by atoms with E-state index < -0.39 is 0 Å². The van der Waals surface area contributed by atoms with E-state index in [0.29, 0.717) is 22.6 Å². The molecule has 0 fully saturated rings. The summed E-state index contributed by atoms with van der Waals surface area (Å²) in [5.74, 6) is 1.23. The van der Waals surface area contributed by atoms with Crippen molar-refractivity contribution in [1.82, 2.24) is 14.5 Å². The molecule has 7 heteroatoms. The number of nitrogens with zero attached hydrogens (tertiary/aromatic N) is 2. The highest BCUT2D eigenvalue weighted by molar-refractivity contribution is 7.22. The zero-order valence-corrected chi connectivity index (χ0v) is 18.0. The molecular formula is C23H23N3O3S. The van der Waals surface area contributed by atoms with Gasteiger partial charge in [0.2, 0.25) is 5.88 Å². The largest absolute Gasteiger partial charge is 0.439 e. The fourth-order valence-corrected chi connectivity index (χ4v) is 4.69. The van der Waals surface area contributed by atoms with Gasteiger partial charge in [0.05, 0.1) is 5.39 Å². The molecule has 3 aromatic heterocycles. The minimum atomic E-state index is -0.353. The highest BCUT2D eigenvalue weighted by Crippen LogP contribution is 2.36. The lowest BCUT2D eigenvalue weighted by atomic mass is 10.1. The van der Waals surface area contributed by atoms with Crippen molar-refractivity contribution in [2.45, 2.75) is 40.2 Å². The Labute approximate surface area is 177 Å². The van der Waals surface area contributed by atoms with Crippen molar-refractivity contribution < 1.29 is 4.74 Å². The lowest BCUT2D eigenvalue weighted by molar-refractivity contribution is 0.463. The summed E-state index contributed by atoms with van der Waals surface area (Å²) in [4.78, 5) is 33.3. The van der Waals surface area contributed by atoms with Gasteiger partial charge in [0.15, 0.2) is 0 Å². The summed E-state index contributed by atoms with van der Waals surface area (Å²) in [7, 11) is 0. The Morgan fingerprint density at radius 1 is 1.10 bits per heavy atom. The molecule has 6 nitrogen and oxygen atoms in total. The molecule has 0 aliphatic carbocycles. The van der Waals surface area contributed by atoms with Gasteiger partial charge in [-0.15, -0.1) is 11.3 Å². The maximum atomic E-state index is 12.5. The number of aromatic nitrogens is 3. The van der Waals surface area contributed by atoms with Crippen molar-refractivity contribution >= 4 is 21.6 Å². The van der Waals surface area contributed by atoms with E-state index in [9.17, 15) is 9.59 Å². The Balaban J connectivity index is 1.71. The molecule has 0 aliphatic heterocycles. The molecule has 0 radical (unpaired) electrons. The number of nitrogens with one attached hydrogen (secondary N) is 1. The van der Waals surface area contributed by atoms with Gasteiger partial charge in [-0.05, 0) is 44.0 Å². The van der Waals surface area contributed by atoms with Crippen LogP contribution in [0.25, 0.3) is 20.7 Å². The van der Waals surface area contributed by atoms with Crippen LogP contribution in [-0.2, 0) is 6.54 Å². The second kappa shape index (κ2) is 8.28. The minimum Gasteiger partial charge on any atom is -0.439 e. The van der Waals surface area contributed by atoms with Gasteiger partial charge in [0.25, 0.3) is 5.56 Å². The molecule has 30 heavy (non-hydrogen) atoms. The van der Waals surface area contributed by atoms with E-state index in [1.165, 1.54) is 16.9 Å². The van der Waals surface area contributed by atoms with Crippen LogP contribution in [0.1, 0.15) is 30.9 Å². The average molecular weight is 422 g/mol. The second-order valence-corrected chi connectivity index (χ2v) is 8.30. The topological polar surface area (TPSA) is 77.0 Å². The second-order valence-electron chi connectivity index (χ2n) is 7.30. The van der Waals surface area contributed by atoms with Crippen LogP contribution >= 0.6 is 11.3 Å². The van der Waals surface area contributed by atoms with Crippen LogP contribution in [-0.4, -0.2) is 14.5 Å². The number of H-pyrrole nitrogens is 1. The van der Waals surface area contributed by atoms with Crippen molar-refractivity contribution in [3.05, 3.63) is 74.6 Å². The number of unbranched alkanes of at least 4 members (excludes halogenated alkanes) is 1. The zero-order valence-electron chi connectivity index (χ0n) is 17.2. The molecule has 3 heterocycles. The van der Waals surface area contributed by atoms with E-state index >= 15 is 0 Å². The third-order valence-electron chi connectivity index (χ3n) is 5.04. The molecule has 0 spiro atoms. The predicted molar refractivity (Wildman–Crippen MR) is 121 cm³/mol. The van der Waals surface area contributed by atoms with Gasteiger partial charge in [-0.2, -0.15) is 0 Å². The van der Waals surface area contributed by atoms with Crippen LogP contribution in [0.15, 0.2) is 52.2 Å². The molecule has 0 amide bonds. The van der Waals surface area contributed by atoms with E-state index in [4.69, 9.17) is 4.74 Å². The summed E-state index contributed by atoms with van der Waals surface area (Å²) in [6.45, 7) is 6.60. The first-order valence-electron chi connectivity index (χ1n) is 9.95. The normalized spacial score (nSPS) is 11.2. The molecule has 0 unspecified atom stereocenters. The summed E-state index contributed by atoms with van der Waals surface area (Å²) < 4.78 is 7.47. The smallest absolute Gasteiger partial charge is 0.329 e. The summed E-state index contributed by atoms with van der Waals surface area (Å²) in [5.41, 5.74) is 2.22. The monoisotopic (exact) mass is 421 g/mol. The van der Waals surface area contributed by atoms with E-state index in [1.807, 2.05) is 50.2 Å². The number of fused-ring (bicyclic) bond motifs is 1. The number of rotatable bonds is 6. The van der Waals surface area contributed by atoms with Crippen molar-refractivity contribution in [1.29, 1.82) is 0 Å². The quantitative estimate of drug-likeness (QED) is 0.474. The van der Waals surface area contributed by atoms with E-state index in [1.54, 1.807) is 10.8 Å². The van der Waals surface area contributed by atoms with Crippen LogP contribution in [0.5, 0.6) is 11.6 Å². The van der Waals surface area contributed by atoms with Gasteiger partial charge in [-0.1, -0.05) is 31.0 Å². The number of benzene rings is 1. The fourth-order valence-electron chi connectivity index (χ4n) is 3.37. The minimum absolute atomic E-state index is 0.338. The van der Waals surface area contributed by atoms with Gasteiger partial charge in [0.1, 0.15) is 10.6 Å². The first kappa shape index (κ1) is 20.1. The van der Waals surface area contributed by atoms with Crippen molar-refractivity contribution in [3.63, 3.8) is 0 Å². The lowest BCUT2D eigenvalue weighted by Crippen LogP contribution is -2.29. The van der Waals surface area contributed by atoms with Gasteiger partial charge in [0, 0.05) is 29.2 Å². The van der Waals surface area contributed by atoms with Crippen LogP contribution in [0, 0.1) is 13.8 Å². The average Bonchev–Trinajstić information content (AvgIpc) is 3.08.